The first-order chi connectivity index (χ1) is 47.2. The number of hydrogen-bond acceptors (Lipinski definition) is 15. The van der Waals surface area contributed by atoms with Crippen LogP contribution in [-0.2, 0) is 65.4 Å². The van der Waals surface area contributed by atoms with Crippen LogP contribution in [0, 0.1) is 17.8 Å². The lowest BCUT2D eigenvalue weighted by atomic mass is 10.0. The first kappa shape index (κ1) is 96.1. The first-order valence-corrected chi connectivity index (χ1v) is 43.8. The fraction of sp³-hybridized carbons (Fsp3) is 0.949. The Balaban J connectivity index is 5.13. The van der Waals surface area contributed by atoms with E-state index >= 15 is 0 Å². The number of phosphoric acid groups is 2. The molecule has 0 bridgehead atoms. The van der Waals surface area contributed by atoms with Gasteiger partial charge in [0.2, 0.25) is 0 Å². The summed E-state index contributed by atoms with van der Waals surface area (Å²) in [6.45, 7) is 11.9. The monoisotopic (exact) mass is 1440 g/mol. The van der Waals surface area contributed by atoms with Crippen LogP contribution in [0.15, 0.2) is 0 Å². The second kappa shape index (κ2) is 69.4. The van der Waals surface area contributed by atoms with Crippen molar-refractivity contribution in [3.05, 3.63) is 0 Å². The predicted octanol–water partition coefficient (Wildman–Crippen LogP) is 23.4. The zero-order valence-corrected chi connectivity index (χ0v) is 66.0. The molecular weight excluding hydrogens is 1280 g/mol. The molecule has 0 aromatic carbocycles. The van der Waals surface area contributed by atoms with Crippen molar-refractivity contribution in [1.29, 1.82) is 0 Å². The maximum atomic E-state index is 13.1. The average molecular weight is 1440 g/mol. The summed E-state index contributed by atoms with van der Waals surface area (Å²) >= 11 is 0. The number of aliphatic hydroxyl groups is 1. The molecule has 0 saturated carbocycles. The fourth-order valence-electron chi connectivity index (χ4n) is 12.1. The highest BCUT2D eigenvalue weighted by atomic mass is 31.2. The summed E-state index contributed by atoms with van der Waals surface area (Å²) in [5, 5.41) is 10.6. The van der Waals surface area contributed by atoms with E-state index in [0.717, 1.165) is 114 Å². The number of ether oxygens (including phenoxy) is 4. The van der Waals surface area contributed by atoms with Gasteiger partial charge in [0.05, 0.1) is 26.4 Å². The van der Waals surface area contributed by atoms with Crippen molar-refractivity contribution in [2.45, 2.75) is 426 Å². The molecule has 0 radical (unpaired) electrons. The number of esters is 4. The molecule has 2 unspecified atom stereocenters. The Hall–Kier alpha value is -1.94. The molecule has 0 heterocycles. The summed E-state index contributed by atoms with van der Waals surface area (Å²) in [7, 11) is -9.91. The number of aliphatic hydroxyl groups excluding tert-OH is 1. The van der Waals surface area contributed by atoms with Gasteiger partial charge in [-0.1, -0.05) is 357 Å². The van der Waals surface area contributed by atoms with Gasteiger partial charge in [-0.15, -0.1) is 0 Å². The third-order valence-electron chi connectivity index (χ3n) is 18.4. The van der Waals surface area contributed by atoms with Crippen LogP contribution >= 0.6 is 15.6 Å². The van der Waals surface area contributed by atoms with E-state index < -0.39 is 97.5 Å². The van der Waals surface area contributed by atoms with E-state index in [4.69, 9.17) is 37.0 Å². The van der Waals surface area contributed by atoms with Crippen LogP contribution < -0.4 is 0 Å². The normalized spacial score (nSPS) is 14.0. The molecule has 0 spiro atoms. The van der Waals surface area contributed by atoms with Gasteiger partial charge >= 0.3 is 39.5 Å². The van der Waals surface area contributed by atoms with Gasteiger partial charge in [0, 0.05) is 25.7 Å². The topological polar surface area (TPSA) is 237 Å². The molecule has 582 valence electrons. The van der Waals surface area contributed by atoms with Gasteiger partial charge < -0.3 is 33.8 Å². The number of carbonyl (C=O) groups is 4. The van der Waals surface area contributed by atoms with Crippen molar-refractivity contribution in [2.75, 3.05) is 39.6 Å². The molecule has 0 aromatic rings. The summed E-state index contributed by atoms with van der Waals surface area (Å²) in [5.41, 5.74) is 0. The fourth-order valence-corrected chi connectivity index (χ4v) is 13.7. The largest absolute Gasteiger partial charge is 0.472 e. The molecule has 0 aliphatic rings. The van der Waals surface area contributed by atoms with E-state index in [2.05, 4.69) is 48.5 Å². The Bertz CT molecular complexity index is 1900. The van der Waals surface area contributed by atoms with Crippen molar-refractivity contribution in [3.63, 3.8) is 0 Å². The van der Waals surface area contributed by atoms with Crippen LogP contribution in [0.1, 0.15) is 408 Å². The van der Waals surface area contributed by atoms with E-state index in [9.17, 15) is 43.2 Å². The van der Waals surface area contributed by atoms with Crippen LogP contribution in [0.3, 0.4) is 0 Å². The number of phosphoric ester groups is 2. The van der Waals surface area contributed by atoms with Gasteiger partial charge in [-0.2, -0.15) is 0 Å². The van der Waals surface area contributed by atoms with Gasteiger partial charge in [0.1, 0.15) is 19.3 Å². The van der Waals surface area contributed by atoms with E-state index in [1.54, 1.807) is 0 Å². The molecule has 0 amide bonds. The lowest BCUT2D eigenvalue weighted by molar-refractivity contribution is -0.161. The number of hydrogen-bond donors (Lipinski definition) is 3. The van der Waals surface area contributed by atoms with E-state index in [0.29, 0.717) is 25.7 Å². The molecule has 19 heteroatoms. The van der Waals surface area contributed by atoms with Gasteiger partial charge in [0.15, 0.2) is 12.2 Å². The second-order valence-corrected chi connectivity index (χ2v) is 32.8. The van der Waals surface area contributed by atoms with E-state index in [1.165, 1.54) is 212 Å². The quantitative estimate of drug-likeness (QED) is 0.0222. The predicted molar refractivity (Wildman–Crippen MR) is 400 cm³/mol. The molecule has 98 heavy (non-hydrogen) atoms. The van der Waals surface area contributed by atoms with Crippen LogP contribution in [0.2, 0.25) is 0 Å². The highest BCUT2D eigenvalue weighted by Gasteiger charge is 2.30. The highest BCUT2D eigenvalue weighted by molar-refractivity contribution is 7.47. The zero-order chi connectivity index (χ0) is 72.3. The molecule has 0 saturated heterocycles. The summed E-state index contributed by atoms with van der Waals surface area (Å²) in [5.74, 6) is 0.272. The van der Waals surface area contributed by atoms with Crippen molar-refractivity contribution < 1.29 is 80.2 Å². The molecule has 0 rings (SSSR count). The molecule has 5 atom stereocenters. The first-order valence-electron chi connectivity index (χ1n) is 40.8. The van der Waals surface area contributed by atoms with Crippen molar-refractivity contribution >= 4 is 39.5 Å². The van der Waals surface area contributed by atoms with Crippen molar-refractivity contribution in [1.82, 2.24) is 0 Å². The van der Waals surface area contributed by atoms with E-state index in [1.807, 2.05) is 0 Å². The minimum Gasteiger partial charge on any atom is -0.462 e. The Morgan fingerprint density at radius 3 is 0.694 bits per heavy atom. The standard InChI is InChI=1S/C79H154O17P2/c1-8-9-10-43-53-60-76(81)89-66-74(95-78(83)62-56-49-42-36-30-24-23-27-33-39-46-52-59-72(6)7)68-93-97(85,86)91-64-73(80)65-92-98(87,88)94-69-75(67-90-77(82)61-54-47-40-34-28-21-18-17-20-26-32-38-45-51-58-71(4)5)96-79(84)63-55-48-41-35-29-22-16-14-12-11-13-15-19-25-31-37-44-50-57-70(2)3/h70-75,80H,8-69H2,1-7H3,(H,85,86)(H,87,88)/t73-,74+,75+/m0/s1. The highest BCUT2D eigenvalue weighted by Crippen LogP contribution is 2.45. The van der Waals surface area contributed by atoms with Gasteiger partial charge in [-0.3, -0.25) is 37.3 Å². The lowest BCUT2D eigenvalue weighted by Gasteiger charge is -2.21. The minimum atomic E-state index is -4.96. The minimum absolute atomic E-state index is 0.106. The summed E-state index contributed by atoms with van der Waals surface area (Å²) in [6.07, 6.45) is 57.4. The zero-order valence-electron chi connectivity index (χ0n) is 64.3. The lowest BCUT2D eigenvalue weighted by Crippen LogP contribution is -2.30. The SMILES string of the molecule is CCCCCCCC(=O)OC[C@H](COP(=O)(O)OC[C@H](O)COP(=O)(O)OC[C@@H](COC(=O)CCCCCCCCCCCCCCCCC(C)C)OC(=O)CCCCCCCCCCCCCCCCCCCCC(C)C)OC(=O)CCCCCCCCCCCCCCC(C)C. The Labute approximate surface area is 600 Å². The molecular formula is C79H154O17P2. The number of unbranched alkanes of at least 4 members (excludes halogenated alkanes) is 45. The van der Waals surface area contributed by atoms with Gasteiger partial charge in [-0.25, -0.2) is 9.13 Å². The maximum Gasteiger partial charge on any atom is 0.472 e. The summed E-state index contributed by atoms with van der Waals surface area (Å²) in [4.78, 5) is 72.6. The maximum absolute atomic E-state index is 13.1. The number of carbonyl (C=O) groups excluding carboxylic acids is 4. The van der Waals surface area contributed by atoms with Crippen LogP contribution in [-0.4, -0.2) is 96.7 Å². The molecule has 0 aliphatic carbocycles. The molecule has 17 nitrogen and oxygen atoms in total. The smallest absolute Gasteiger partial charge is 0.462 e. The third-order valence-corrected chi connectivity index (χ3v) is 20.3. The van der Waals surface area contributed by atoms with Gasteiger partial charge in [0.25, 0.3) is 0 Å². The van der Waals surface area contributed by atoms with Gasteiger partial charge in [-0.05, 0) is 43.4 Å². The second-order valence-electron chi connectivity index (χ2n) is 29.9. The average Bonchev–Trinajstić information content (AvgIpc) is 1.03. The molecule has 0 fully saturated rings. The number of rotatable bonds is 77. The Morgan fingerprint density at radius 2 is 0.469 bits per heavy atom. The van der Waals surface area contributed by atoms with Crippen molar-refractivity contribution in [2.24, 2.45) is 17.8 Å². The third kappa shape index (κ3) is 72.4. The van der Waals surface area contributed by atoms with Crippen LogP contribution in [0.5, 0.6) is 0 Å². The van der Waals surface area contributed by atoms with Crippen LogP contribution in [0.4, 0.5) is 0 Å². The summed E-state index contributed by atoms with van der Waals surface area (Å²) < 4.78 is 68.4. The van der Waals surface area contributed by atoms with Crippen molar-refractivity contribution in [3.8, 4) is 0 Å². The van der Waals surface area contributed by atoms with Crippen LogP contribution in [0.25, 0.3) is 0 Å². The molecule has 0 aliphatic heterocycles. The molecule has 0 aromatic heterocycles. The Morgan fingerprint density at radius 1 is 0.276 bits per heavy atom. The summed E-state index contributed by atoms with van der Waals surface area (Å²) in [6, 6.07) is 0. The van der Waals surface area contributed by atoms with E-state index in [-0.39, 0.29) is 25.7 Å². The molecule has 3 N–H and O–H groups in total. The Kier molecular flexibility index (Phi) is 68.1.